The third-order valence-electron chi connectivity index (χ3n) is 4.79. The van der Waals surface area contributed by atoms with Crippen molar-refractivity contribution >= 4 is 5.91 Å². The summed E-state index contributed by atoms with van der Waals surface area (Å²) in [7, 11) is 1.90. The van der Waals surface area contributed by atoms with Gasteiger partial charge < -0.3 is 19.3 Å². The molecule has 0 unspecified atom stereocenters. The highest BCUT2D eigenvalue weighted by Gasteiger charge is 2.17. The van der Waals surface area contributed by atoms with Crippen LogP contribution in [-0.2, 0) is 24.8 Å². The van der Waals surface area contributed by atoms with Gasteiger partial charge in [0.2, 0.25) is 12.7 Å². The summed E-state index contributed by atoms with van der Waals surface area (Å²) in [5.41, 5.74) is 3.88. The van der Waals surface area contributed by atoms with Gasteiger partial charge in [-0.3, -0.25) is 9.48 Å². The maximum absolute atomic E-state index is 12.2. The highest BCUT2D eigenvalue weighted by atomic mass is 16.7. The quantitative estimate of drug-likeness (QED) is 0.695. The zero-order valence-electron chi connectivity index (χ0n) is 16.0. The van der Waals surface area contributed by atoms with Gasteiger partial charge >= 0.3 is 0 Å². The van der Waals surface area contributed by atoms with Gasteiger partial charge in [0.25, 0.3) is 5.89 Å². The molecule has 1 aliphatic rings. The topological polar surface area (TPSA) is 104 Å². The van der Waals surface area contributed by atoms with Gasteiger partial charge in [0, 0.05) is 24.7 Å². The lowest BCUT2D eigenvalue weighted by molar-refractivity contribution is -0.121. The maximum atomic E-state index is 12.2. The number of amides is 1. The van der Waals surface area contributed by atoms with Gasteiger partial charge in [-0.25, -0.2) is 0 Å². The Morgan fingerprint density at radius 1 is 1.25 bits per heavy atom. The van der Waals surface area contributed by atoms with Crippen molar-refractivity contribution in [2.75, 3.05) is 6.79 Å². The molecule has 0 atom stereocenters. The zero-order valence-corrected chi connectivity index (χ0v) is 16.0. The van der Waals surface area contributed by atoms with Crippen LogP contribution in [0.4, 0.5) is 0 Å². The van der Waals surface area contributed by atoms with Crippen molar-refractivity contribution in [3.8, 4) is 23.0 Å². The van der Waals surface area contributed by atoms with E-state index in [9.17, 15) is 4.79 Å². The summed E-state index contributed by atoms with van der Waals surface area (Å²) in [5, 5.41) is 11.1. The molecular weight excluding hydrogens is 362 g/mol. The van der Waals surface area contributed by atoms with Crippen LogP contribution in [0.25, 0.3) is 11.5 Å². The number of nitrogens with zero attached hydrogens (tertiary/aromatic N) is 4. The van der Waals surface area contributed by atoms with E-state index >= 15 is 0 Å². The fraction of sp³-hybridized carbons (Fsp3) is 0.368. The predicted molar refractivity (Wildman–Crippen MR) is 98.7 cm³/mol. The van der Waals surface area contributed by atoms with Crippen molar-refractivity contribution in [1.29, 1.82) is 0 Å². The minimum atomic E-state index is -0.0721. The number of benzene rings is 1. The van der Waals surface area contributed by atoms with Crippen LogP contribution in [0.1, 0.15) is 29.2 Å². The molecule has 146 valence electrons. The third-order valence-corrected chi connectivity index (χ3v) is 4.79. The van der Waals surface area contributed by atoms with Crippen molar-refractivity contribution in [3.05, 3.63) is 41.0 Å². The number of hydrogen-bond donors (Lipinski definition) is 1. The fourth-order valence-corrected chi connectivity index (χ4v) is 3.16. The highest BCUT2D eigenvalue weighted by molar-refractivity contribution is 5.76. The Morgan fingerprint density at radius 3 is 2.86 bits per heavy atom. The summed E-state index contributed by atoms with van der Waals surface area (Å²) in [6, 6.07) is 5.41. The van der Waals surface area contributed by atoms with Crippen molar-refractivity contribution < 1.29 is 18.8 Å². The molecule has 0 fully saturated rings. The average molecular weight is 383 g/mol. The summed E-state index contributed by atoms with van der Waals surface area (Å²) in [5.74, 6) is 2.04. The van der Waals surface area contributed by atoms with Crippen molar-refractivity contribution in [2.45, 2.75) is 33.2 Å². The van der Waals surface area contributed by atoms with Crippen LogP contribution in [0.3, 0.4) is 0 Å². The van der Waals surface area contributed by atoms with Crippen molar-refractivity contribution in [2.24, 2.45) is 7.05 Å². The monoisotopic (exact) mass is 383 g/mol. The second-order valence-electron chi connectivity index (χ2n) is 6.63. The number of aromatic nitrogens is 4. The van der Waals surface area contributed by atoms with Crippen LogP contribution in [0.5, 0.6) is 11.5 Å². The van der Waals surface area contributed by atoms with Crippen molar-refractivity contribution in [1.82, 2.24) is 25.2 Å². The van der Waals surface area contributed by atoms with E-state index in [4.69, 9.17) is 14.0 Å². The Bertz CT molecular complexity index is 1020. The number of ether oxygens (including phenoxy) is 2. The molecule has 0 aliphatic carbocycles. The van der Waals surface area contributed by atoms with Gasteiger partial charge in [0.1, 0.15) is 0 Å². The highest BCUT2D eigenvalue weighted by Crippen LogP contribution is 2.35. The van der Waals surface area contributed by atoms with Gasteiger partial charge in [-0.2, -0.15) is 10.1 Å². The molecule has 28 heavy (non-hydrogen) atoms. The second-order valence-corrected chi connectivity index (χ2v) is 6.63. The van der Waals surface area contributed by atoms with E-state index < -0.39 is 0 Å². The van der Waals surface area contributed by atoms with Crippen LogP contribution in [0, 0.1) is 13.8 Å². The molecule has 9 heteroatoms. The Hall–Kier alpha value is -3.36. The van der Waals surface area contributed by atoms with E-state index in [1.165, 1.54) is 0 Å². The first-order valence-electron chi connectivity index (χ1n) is 8.99. The fourth-order valence-electron chi connectivity index (χ4n) is 3.16. The smallest absolute Gasteiger partial charge is 0.258 e. The lowest BCUT2D eigenvalue weighted by Gasteiger charge is -2.03. The molecule has 1 amide bonds. The minimum Gasteiger partial charge on any atom is -0.454 e. The van der Waals surface area contributed by atoms with E-state index in [0.717, 1.165) is 22.5 Å². The summed E-state index contributed by atoms with van der Waals surface area (Å²) in [4.78, 5) is 16.5. The normalized spacial score (nSPS) is 12.4. The van der Waals surface area contributed by atoms with E-state index in [1.54, 1.807) is 12.1 Å². The molecule has 3 heterocycles. The molecule has 2 aromatic heterocycles. The standard InChI is InChI=1S/C19H21N5O4/c1-11-14(12(2)24(3)22-11)5-7-18(25)20-9-17-21-19(28-23-17)13-4-6-15-16(8-13)27-10-26-15/h4,6,8H,5,7,9-10H2,1-3H3,(H,20,25). The maximum Gasteiger partial charge on any atom is 0.258 e. The number of nitrogens with one attached hydrogen (secondary N) is 1. The number of fused-ring (bicyclic) bond motifs is 1. The molecule has 1 aromatic carbocycles. The van der Waals surface area contributed by atoms with Gasteiger partial charge in [-0.15, -0.1) is 0 Å². The number of carbonyl (C=O) groups is 1. The zero-order chi connectivity index (χ0) is 19.7. The van der Waals surface area contributed by atoms with Crippen molar-refractivity contribution in [3.63, 3.8) is 0 Å². The summed E-state index contributed by atoms with van der Waals surface area (Å²) >= 11 is 0. The molecule has 1 aliphatic heterocycles. The molecular formula is C19H21N5O4. The Kier molecular flexibility index (Phi) is 4.72. The van der Waals surface area contributed by atoms with E-state index in [0.29, 0.717) is 36.1 Å². The summed E-state index contributed by atoms with van der Waals surface area (Å²) < 4.78 is 17.8. The number of carbonyl (C=O) groups excluding carboxylic acids is 1. The van der Waals surface area contributed by atoms with Gasteiger partial charge in [0.05, 0.1) is 12.2 Å². The lowest BCUT2D eigenvalue weighted by Crippen LogP contribution is -2.23. The molecule has 0 saturated carbocycles. The molecule has 0 bridgehead atoms. The summed E-state index contributed by atoms with van der Waals surface area (Å²) in [6.45, 7) is 4.37. The van der Waals surface area contributed by atoms with E-state index in [-0.39, 0.29) is 19.2 Å². The predicted octanol–water partition coefficient (Wildman–Crippen LogP) is 2.06. The lowest BCUT2D eigenvalue weighted by atomic mass is 10.1. The molecule has 3 aromatic rings. The van der Waals surface area contributed by atoms with E-state index in [2.05, 4.69) is 20.6 Å². The van der Waals surface area contributed by atoms with Crippen LogP contribution in [0.15, 0.2) is 22.7 Å². The van der Waals surface area contributed by atoms with Gasteiger partial charge in [0.15, 0.2) is 17.3 Å². The minimum absolute atomic E-state index is 0.0721. The van der Waals surface area contributed by atoms with Gasteiger partial charge in [-0.05, 0) is 44.0 Å². The average Bonchev–Trinajstić information content (AvgIpc) is 3.39. The second kappa shape index (κ2) is 7.34. The van der Waals surface area contributed by atoms with Crippen LogP contribution in [-0.4, -0.2) is 32.6 Å². The van der Waals surface area contributed by atoms with Gasteiger partial charge in [-0.1, -0.05) is 5.16 Å². The number of aryl methyl sites for hydroxylation is 2. The number of rotatable bonds is 6. The van der Waals surface area contributed by atoms with Crippen LogP contribution < -0.4 is 14.8 Å². The molecule has 4 rings (SSSR count). The molecule has 0 spiro atoms. The third kappa shape index (κ3) is 3.55. The Balaban J connectivity index is 1.32. The molecule has 9 nitrogen and oxygen atoms in total. The molecule has 0 radical (unpaired) electrons. The SMILES string of the molecule is Cc1nn(C)c(C)c1CCC(=O)NCc1noc(-c2ccc3c(c2)OCO3)n1. The Morgan fingerprint density at radius 2 is 2.07 bits per heavy atom. The first kappa shape index (κ1) is 18.0. The largest absolute Gasteiger partial charge is 0.454 e. The number of hydrogen-bond acceptors (Lipinski definition) is 7. The van der Waals surface area contributed by atoms with Crippen LogP contribution >= 0.6 is 0 Å². The first-order chi connectivity index (χ1) is 13.5. The molecule has 1 N–H and O–H groups in total. The first-order valence-corrected chi connectivity index (χ1v) is 8.99. The van der Waals surface area contributed by atoms with E-state index in [1.807, 2.05) is 31.6 Å². The van der Waals surface area contributed by atoms with Crippen LogP contribution in [0.2, 0.25) is 0 Å². The molecule has 0 saturated heterocycles. The summed E-state index contributed by atoms with van der Waals surface area (Å²) in [6.07, 6.45) is 1.02. The Labute approximate surface area is 161 Å².